The van der Waals surface area contributed by atoms with E-state index in [1.54, 1.807) is 0 Å². The van der Waals surface area contributed by atoms with Gasteiger partial charge in [-0.05, 0) is 6.42 Å². The second-order valence-corrected chi connectivity index (χ2v) is 4.41. The molecule has 20 heavy (non-hydrogen) atoms. The molecule has 0 aromatic rings. The number of nitrogens with one attached hydrogen (secondary N) is 1. The average molecular weight is 286 g/mol. The third-order valence-corrected chi connectivity index (χ3v) is 2.66. The van der Waals surface area contributed by atoms with Crippen LogP contribution < -0.4 is 11.1 Å². The van der Waals surface area contributed by atoms with Crippen LogP contribution in [0, 0.1) is 5.92 Å². The van der Waals surface area contributed by atoms with Crippen molar-refractivity contribution in [3.8, 4) is 0 Å². The minimum Gasteiger partial charge on any atom is -0.481 e. The van der Waals surface area contributed by atoms with E-state index in [1.165, 1.54) is 6.92 Å². The first-order valence-corrected chi connectivity index (χ1v) is 5.87. The first-order chi connectivity index (χ1) is 9.15. The minimum atomic E-state index is -1.29. The Morgan fingerprint density at radius 1 is 1.25 bits per heavy atom. The Hall–Kier alpha value is -2.38. The summed E-state index contributed by atoms with van der Waals surface area (Å²) in [6.45, 7) is 4.70. The Bertz CT molecular complexity index is 432. The zero-order valence-electron chi connectivity index (χ0n) is 11.1. The van der Waals surface area contributed by atoms with Crippen LogP contribution in [-0.4, -0.2) is 40.0 Å². The molecule has 112 valence electrons. The maximum Gasteiger partial charge on any atom is 0.331 e. The van der Waals surface area contributed by atoms with Gasteiger partial charge in [0, 0.05) is 18.4 Å². The average Bonchev–Trinajstić information content (AvgIpc) is 2.34. The van der Waals surface area contributed by atoms with Gasteiger partial charge in [0.15, 0.2) is 0 Å². The zero-order chi connectivity index (χ0) is 15.9. The Morgan fingerprint density at radius 3 is 2.20 bits per heavy atom. The molecule has 8 nitrogen and oxygen atoms in total. The number of aliphatic carboxylic acids is 2. The molecule has 2 atom stereocenters. The standard InChI is InChI=1S/C12H18N2O6/c1-6(11(17)18)3-4-9(15)14-8(10(13)16)5-7(2)12(19)20/h6,8H,2-5H2,1H3,(H2,13,16)(H,14,15)(H,17,18)(H,19,20). The van der Waals surface area contributed by atoms with Crippen LogP contribution in [0.25, 0.3) is 0 Å². The summed E-state index contributed by atoms with van der Waals surface area (Å²) in [6.07, 6.45) is -0.297. The highest BCUT2D eigenvalue weighted by atomic mass is 16.4. The van der Waals surface area contributed by atoms with Crippen molar-refractivity contribution in [2.75, 3.05) is 0 Å². The van der Waals surface area contributed by atoms with E-state index >= 15 is 0 Å². The monoisotopic (exact) mass is 286 g/mol. The quantitative estimate of drug-likeness (QED) is 0.420. The second kappa shape index (κ2) is 7.93. The largest absolute Gasteiger partial charge is 0.481 e. The van der Waals surface area contributed by atoms with Crippen molar-refractivity contribution in [2.45, 2.75) is 32.2 Å². The van der Waals surface area contributed by atoms with Crippen molar-refractivity contribution < 1.29 is 29.4 Å². The molecule has 2 amide bonds. The van der Waals surface area contributed by atoms with Crippen molar-refractivity contribution in [1.29, 1.82) is 0 Å². The number of primary amides is 1. The van der Waals surface area contributed by atoms with E-state index < -0.39 is 35.7 Å². The summed E-state index contributed by atoms with van der Waals surface area (Å²) in [5.41, 5.74) is 4.80. The summed E-state index contributed by atoms with van der Waals surface area (Å²) < 4.78 is 0. The normalized spacial score (nSPS) is 13.1. The topological polar surface area (TPSA) is 147 Å². The molecule has 0 heterocycles. The molecule has 0 radical (unpaired) electrons. The van der Waals surface area contributed by atoms with E-state index in [9.17, 15) is 19.2 Å². The van der Waals surface area contributed by atoms with Gasteiger partial charge in [-0.3, -0.25) is 14.4 Å². The van der Waals surface area contributed by atoms with Crippen molar-refractivity contribution in [1.82, 2.24) is 5.32 Å². The predicted octanol–water partition coefficient (Wildman–Crippen LogP) is -0.512. The van der Waals surface area contributed by atoms with Crippen LogP contribution in [0.5, 0.6) is 0 Å². The Morgan fingerprint density at radius 2 is 1.80 bits per heavy atom. The van der Waals surface area contributed by atoms with Crippen LogP contribution in [0.1, 0.15) is 26.2 Å². The molecular formula is C12H18N2O6. The highest BCUT2D eigenvalue weighted by Crippen LogP contribution is 2.07. The molecule has 0 aromatic carbocycles. The van der Waals surface area contributed by atoms with Crippen molar-refractivity contribution >= 4 is 23.8 Å². The number of hydrogen-bond acceptors (Lipinski definition) is 4. The van der Waals surface area contributed by atoms with E-state index in [2.05, 4.69) is 11.9 Å². The maximum absolute atomic E-state index is 11.5. The highest BCUT2D eigenvalue weighted by molar-refractivity contribution is 5.90. The van der Waals surface area contributed by atoms with Gasteiger partial charge in [0.05, 0.1) is 5.92 Å². The third kappa shape index (κ3) is 6.53. The predicted molar refractivity (Wildman–Crippen MR) is 68.6 cm³/mol. The Labute approximate surface area is 115 Å². The molecule has 0 aliphatic rings. The summed E-state index contributed by atoms with van der Waals surface area (Å²) in [4.78, 5) is 43.8. The van der Waals surface area contributed by atoms with Gasteiger partial charge in [-0.15, -0.1) is 0 Å². The Balaban J connectivity index is 4.42. The molecule has 0 spiro atoms. The van der Waals surface area contributed by atoms with Crippen molar-refractivity contribution in [3.63, 3.8) is 0 Å². The van der Waals surface area contributed by atoms with Crippen LogP contribution in [0.15, 0.2) is 12.2 Å². The van der Waals surface area contributed by atoms with E-state index in [4.69, 9.17) is 15.9 Å². The number of nitrogens with two attached hydrogens (primary N) is 1. The number of carboxylic acid groups (broad SMARTS) is 2. The first-order valence-electron chi connectivity index (χ1n) is 5.87. The van der Waals surface area contributed by atoms with E-state index in [-0.39, 0.29) is 24.8 Å². The van der Waals surface area contributed by atoms with Gasteiger partial charge in [-0.1, -0.05) is 13.5 Å². The zero-order valence-corrected chi connectivity index (χ0v) is 11.1. The smallest absolute Gasteiger partial charge is 0.331 e. The summed E-state index contributed by atoms with van der Waals surface area (Å²) in [7, 11) is 0. The molecule has 0 rings (SSSR count). The molecule has 0 aliphatic heterocycles. The number of carbonyl (C=O) groups excluding carboxylic acids is 2. The van der Waals surface area contributed by atoms with E-state index in [0.717, 1.165) is 0 Å². The van der Waals surface area contributed by atoms with Gasteiger partial charge in [0.2, 0.25) is 11.8 Å². The van der Waals surface area contributed by atoms with Crippen LogP contribution in [0.3, 0.4) is 0 Å². The first kappa shape index (κ1) is 17.6. The molecule has 8 heteroatoms. The van der Waals surface area contributed by atoms with Crippen molar-refractivity contribution in [2.24, 2.45) is 11.7 Å². The molecule has 2 unspecified atom stereocenters. The van der Waals surface area contributed by atoms with Gasteiger partial charge in [0.25, 0.3) is 0 Å². The summed E-state index contributed by atoms with van der Waals surface area (Å²) >= 11 is 0. The van der Waals surface area contributed by atoms with Gasteiger partial charge < -0.3 is 21.3 Å². The number of amides is 2. The lowest BCUT2D eigenvalue weighted by molar-refractivity contribution is -0.141. The number of hydrogen-bond donors (Lipinski definition) is 4. The van der Waals surface area contributed by atoms with E-state index in [0.29, 0.717) is 0 Å². The summed E-state index contributed by atoms with van der Waals surface area (Å²) in [5, 5.41) is 19.6. The van der Waals surface area contributed by atoms with Gasteiger partial charge >= 0.3 is 11.9 Å². The Kier molecular flexibility index (Phi) is 6.98. The maximum atomic E-state index is 11.5. The molecule has 0 aromatic heterocycles. The molecule has 0 bridgehead atoms. The molecule has 0 saturated carbocycles. The van der Waals surface area contributed by atoms with Crippen LogP contribution in [0.2, 0.25) is 0 Å². The van der Waals surface area contributed by atoms with Gasteiger partial charge in [-0.2, -0.15) is 0 Å². The van der Waals surface area contributed by atoms with E-state index in [1.807, 2.05) is 0 Å². The van der Waals surface area contributed by atoms with Gasteiger partial charge in [-0.25, -0.2) is 4.79 Å². The van der Waals surface area contributed by atoms with Crippen molar-refractivity contribution in [3.05, 3.63) is 12.2 Å². The fourth-order valence-corrected chi connectivity index (χ4v) is 1.29. The molecule has 0 aliphatic carbocycles. The summed E-state index contributed by atoms with van der Waals surface area (Å²) in [5.74, 6) is -4.46. The molecule has 0 saturated heterocycles. The number of carbonyl (C=O) groups is 4. The van der Waals surface area contributed by atoms with Crippen LogP contribution in [0.4, 0.5) is 0 Å². The molecule has 5 N–H and O–H groups in total. The SMILES string of the molecule is C=C(CC(NC(=O)CCC(C)C(=O)O)C(N)=O)C(=O)O. The third-order valence-electron chi connectivity index (χ3n) is 2.66. The lowest BCUT2D eigenvalue weighted by Crippen LogP contribution is -2.45. The number of rotatable bonds is 9. The highest BCUT2D eigenvalue weighted by Gasteiger charge is 2.22. The van der Waals surface area contributed by atoms with Crippen LogP contribution in [-0.2, 0) is 19.2 Å². The lowest BCUT2D eigenvalue weighted by atomic mass is 10.0. The second-order valence-electron chi connectivity index (χ2n) is 4.41. The molecule has 0 fully saturated rings. The van der Waals surface area contributed by atoms with Crippen LogP contribution >= 0.6 is 0 Å². The minimum absolute atomic E-state index is 0.100. The number of carboxylic acids is 2. The lowest BCUT2D eigenvalue weighted by Gasteiger charge is -2.15. The van der Waals surface area contributed by atoms with Gasteiger partial charge in [0.1, 0.15) is 6.04 Å². The summed E-state index contributed by atoms with van der Waals surface area (Å²) in [6, 6.07) is -1.17. The fourth-order valence-electron chi connectivity index (χ4n) is 1.29. The molecular weight excluding hydrogens is 268 g/mol. The fraction of sp³-hybridized carbons (Fsp3) is 0.500.